The van der Waals surface area contributed by atoms with E-state index >= 15 is 0 Å². The van der Waals surface area contributed by atoms with Crippen molar-refractivity contribution in [3.63, 3.8) is 0 Å². The van der Waals surface area contributed by atoms with E-state index in [9.17, 15) is 4.79 Å². The van der Waals surface area contributed by atoms with E-state index in [0.717, 1.165) is 5.56 Å². The zero-order valence-corrected chi connectivity index (χ0v) is 16.4. The van der Waals surface area contributed by atoms with Crippen LogP contribution in [0.1, 0.15) is 36.8 Å². The molecule has 6 heteroatoms. The molecule has 1 N–H and O–H groups in total. The van der Waals surface area contributed by atoms with Gasteiger partial charge in [0.15, 0.2) is 5.43 Å². The molecule has 1 unspecified atom stereocenters. The Morgan fingerprint density at radius 1 is 1.19 bits per heavy atom. The molecule has 1 heterocycles. The van der Waals surface area contributed by atoms with E-state index in [1.165, 1.54) is 7.62 Å². The summed E-state index contributed by atoms with van der Waals surface area (Å²) in [5.41, 5.74) is 2.16. The van der Waals surface area contributed by atoms with Crippen LogP contribution < -0.4 is 10.7 Å². The highest BCUT2D eigenvalue weighted by molar-refractivity contribution is 6.31. The summed E-state index contributed by atoms with van der Waals surface area (Å²) >= 11 is 6.11. The van der Waals surface area contributed by atoms with E-state index in [4.69, 9.17) is 20.7 Å². The van der Waals surface area contributed by atoms with Crippen molar-refractivity contribution < 1.29 is 9.07 Å². The fourth-order valence-electron chi connectivity index (χ4n) is 3.15. The third kappa shape index (κ3) is 4.43. The lowest BCUT2D eigenvalue weighted by Gasteiger charge is -2.23. The van der Waals surface area contributed by atoms with E-state index in [-0.39, 0.29) is 17.4 Å². The number of nitrogens with one attached hydrogen (secondary N) is 1. The van der Waals surface area contributed by atoms with Crippen molar-refractivity contribution >= 4 is 30.2 Å². The molecule has 27 heavy (non-hydrogen) atoms. The molecule has 0 spiro atoms. The summed E-state index contributed by atoms with van der Waals surface area (Å²) in [6.45, 7) is 4.13. The van der Waals surface area contributed by atoms with Gasteiger partial charge in [0, 0.05) is 30.2 Å². The normalized spacial score (nSPS) is 12.5. The third-order valence-corrected chi connectivity index (χ3v) is 4.75. The molecular formula is C21H22BClNO3. The molecule has 0 amide bonds. The van der Waals surface area contributed by atoms with Crippen molar-refractivity contribution in [3.8, 4) is 0 Å². The standard InChI is InChI=1S/C21H22BClNO3/c1-13(2)19(24-22-26-3)21-17(11-14-7-5-4-6-8-14)20(25)16-10-9-15(23)12-18(16)27-21/h4-10,12-13,19,24H,11H2,1-3H3. The molecule has 1 atom stereocenters. The van der Waals surface area contributed by atoms with Crippen LogP contribution in [-0.4, -0.2) is 14.7 Å². The van der Waals surface area contributed by atoms with Crippen LogP contribution in [0.25, 0.3) is 11.0 Å². The summed E-state index contributed by atoms with van der Waals surface area (Å²) in [6.07, 6.45) is 0.495. The summed E-state index contributed by atoms with van der Waals surface area (Å²) in [5.74, 6) is 0.785. The SMILES string of the molecule is CO[B]NC(c1oc2cc(Cl)ccc2c(=O)c1Cc1ccccc1)C(C)C. The summed E-state index contributed by atoms with van der Waals surface area (Å²) < 4.78 is 11.3. The molecule has 0 saturated heterocycles. The highest BCUT2D eigenvalue weighted by Crippen LogP contribution is 2.29. The topological polar surface area (TPSA) is 51.5 Å². The minimum atomic E-state index is -0.209. The smallest absolute Gasteiger partial charge is 0.396 e. The Morgan fingerprint density at radius 3 is 2.59 bits per heavy atom. The van der Waals surface area contributed by atoms with Crippen LogP contribution in [0.15, 0.2) is 57.7 Å². The molecular weight excluding hydrogens is 361 g/mol. The van der Waals surface area contributed by atoms with Gasteiger partial charge in [0.25, 0.3) is 0 Å². The molecule has 0 fully saturated rings. The van der Waals surface area contributed by atoms with Gasteiger partial charge >= 0.3 is 7.62 Å². The minimum Gasteiger partial charge on any atom is -0.459 e. The number of hydrogen-bond donors (Lipinski definition) is 1. The second-order valence-electron chi connectivity index (χ2n) is 6.82. The molecule has 0 aliphatic carbocycles. The average molecular weight is 383 g/mol. The Hall–Kier alpha value is -2.08. The molecule has 0 bridgehead atoms. The molecule has 139 valence electrons. The maximum absolute atomic E-state index is 13.3. The van der Waals surface area contributed by atoms with Crippen molar-refractivity contribution in [2.24, 2.45) is 5.92 Å². The van der Waals surface area contributed by atoms with Crippen molar-refractivity contribution in [1.82, 2.24) is 5.23 Å². The Bertz CT molecular complexity index is 972. The van der Waals surface area contributed by atoms with Crippen LogP contribution in [0, 0.1) is 5.92 Å². The quantitative estimate of drug-likeness (QED) is 0.611. The predicted octanol–water partition coefficient (Wildman–Crippen LogP) is 4.50. The molecule has 0 saturated carbocycles. The lowest BCUT2D eigenvalue weighted by molar-refractivity contribution is 0.356. The van der Waals surface area contributed by atoms with Gasteiger partial charge in [0.1, 0.15) is 11.3 Å². The summed E-state index contributed by atoms with van der Waals surface area (Å²) in [5, 5.41) is 4.27. The molecule has 0 aliphatic rings. The maximum atomic E-state index is 13.3. The van der Waals surface area contributed by atoms with Gasteiger partial charge in [0.05, 0.1) is 11.4 Å². The number of rotatable bonds is 7. The summed E-state index contributed by atoms with van der Waals surface area (Å²) in [6, 6.07) is 14.8. The minimum absolute atomic E-state index is 0.0309. The van der Waals surface area contributed by atoms with Gasteiger partial charge in [-0.2, -0.15) is 0 Å². The van der Waals surface area contributed by atoms with Gasteiger partial charge in [0.2, 0.25) is 0 Å². The van der Waals surface area contributed by atoms with E-state index in [1.807, 2.05) is 30.3 Å². The van der Waals surface area contributed by atoms with Crippen LogP contribution in [0.2, 0.25) is 5.02 Å². The highest BCUT2D eigenvalue weighted by Gasteiger charge is 2.25. The van der Waals surface area contributed by atoms with Crippen LogP contribution in [-0.2, 0) is 11.1 Å². The number of hydrogen-bond acceptors (Lipinski definition) is 4. The van der Waals surface area contributed by atoms with Crippen molar-refractivity contribution in [2.45, 2.75) is 26.3 Å². The molecule has 4 nitrogen and oxygen atoms in total. The van der Waals surface area contributed by atoms with Crippen LogP contribution in [0.3, 0.4) is 0 Å². The first-order valence-corrected chi connectivity index (χ1v) is 9.28. The van der Waals surface area contributed by atoms with Gasteiger partial charge < -0.3 is 14.3 Å². The molecule has 3 rings (SSSR count). The van der Waals surface area contributed by atoms with Crippen LogP contribution in [0.5, 0.6) is 0 Å². The largest absolute Gasteiger partial charge is 0.459 e. The van der Waals surface area contributed by atoms with Gasteiger partial charge in [-0.25, -0.2) is 0 Å². The van der Waals surface area contributed by atoms with Crippen LogP contribution >= 0.6 is 11.6 Å². The van der Waals surface area contributed by atoms with Crippen LogP contribution in [0.4, 0.5) is 0 Å². The monoisotopic (exact) mass is 382 g/mol. The van der Waals surface area contributed by atoms with E-state index in [1.54, 1.807) is 25.3 Å². The predicted molar refractivity (Wildman–Crippen MR) is 110 cm³/mol. The molecule has 0 aliphatic heterocycles. The Morgan fingerprint density at radius 2 is 1.93 bits per heavy atom. The lowest BCUT2D eigenvalue weighted by atomic mass is 9.92. The Balaban J connectivity index is 2.21. The van der Waals surface area contributed by atoms with Gasteiger partial charge in [-0.05, 0) is 23.6 Å². The first-order valence-electron chi connectivity index (χ1n) is 8.91. The van der Waals surface area contributed by atoms with Crippen molar-refractivity contribution in [3.05, 3.63) is 80.7 Å². The fourth-order valence-corrected chi connectivity index (χ4v) is 3.32. The van der Waals surface area contributed by atoms with Crippen molar-refractivity contribution in [2.75, 3.05) is 7.11 Å². The van der Waals surface area contributed by atoms with Gasteiger partial charge in [-0.15, -0.1) is 0 Å². The van der Waals surface area contributed by atoms with Gasteiger partial charge in [-0.3, -0.25) is 4.79 Å². The molecule has 3 aromatic rings. The van der Waals surface area contributed by atoms with E-state index in [2.05, 4.69) is 19.1 Å². The number of fused-ring (bicyclic) bond motifs is 1. The lowest BCUT2D eigenvalue weighted by Crippen LogP contribution is -2.32. The maximum Gasteiger partial charge on any atom is 0.396 e. The number of halogens is 1. The summed E-state index contributed by atoms with van der Waals surface area (Å²) in [7, 11) is 3.09. The number of benzene rings is 2. The first kappa shape index (κ1) is 19.7. The molecule has 2 aromatic carbocycles. The first-order chi connectivity index (χ1) is 13.0. The van der Waals surface area contributed by atoms with Crippen molar-refractivity contribution in [1.29, 1.82) is 0 Å². The average Bonchev–Trinajstić information content (AvgIpc) is 2.65. The molecule has 1 radical (unpaired) electrons. The third-order valence-electron chi connectivity index (χ3n) is 4.52. The van der Waals surface area contributed by atoms with E-state index in [0.29, 0.717) is 33.7 Å². The zero-order chi connectivity index (χ0) is 19.4. The van der Waals surface area contributed by atoms with E-state index < -0.39 is 0 Å². The fraction of sp³-hybridized carbons (Fsp3) is 0.286. The Kier molecular flexibility index (Phi) is 6.37. The Labute approximate surface area is 164 Å². The molecule has 1 aromatic heterocycles. The second-order valence-corrected chi connectivity index (χ2v) is 7.26. The second kappa shape index (κ2) is 8.74. The summed E-state index contributed by atoms with van der Waals surface area (Å²) in [4.78, 5) is 13.3. The highest BCUT2D eigenvalue weighted by atomic mass is 35.5. The van der Waals surface area contributed by atoms with Gasteiger partial charge in [-0.1, -0.05) is 55.8 Å². The zero-order valence-electron chi connectivity index (χ0n) is 15.7.